The highest BCUT2D eigenvalue weighted by atomic mass is 16.5. The Morgan fingerprint density at radius 1 is 0.970 bits per heavy atom. The number of nitrogens with one attached hydrogen (secondary N) is 1. The van der Waals surface area contributed by atoms with E-state index in [1.54, 1.807) is 0 Å². The normalized spacial score (nSPS) is 17.5. The van der Waals surface area contributed by atoms with Crippen LogP contribution in [0.15, 0.2) is 40.8 Å². The molecule has 0 radical (unpaired) electrons. The average molecular weight is 454 g/mol. The van der Waals surface area contributed by atoms with Crippen LogP contribution in [0.4, 0.5) is 0 Å². The number of aromatic amines is 1. The third-order valence-corrected chi connectivity index (χ3v) is 6.38. The fourth-order valence-corrected chi connectivity index (χ4v) is 4.51. The molecule has 1 saturated heterocycles. The molecule has 0 bridgehead atoms. The first-order valence-corrected chi connectivity index (χ1v) is 11.5. The van der Waals surface area contributed by atoms with Crippen molar-refractivity contribution in [2.45, 2.75) is 20.3 Å². The molecule has 3 heterocycles. The zero-order valence-corrected chi connectivity index (χ0v) is 19.5. The quantitative estimate of drug-likeness (QED) is 0.602. The third kappa shape index (κ3) is 4.14. The molecule has 1 aromatic heterocycles. The maximum absolute atomic E-state index is 13.6. The molecule has 2 amide bonds. The van der Waals surface area contributed by atoms with Crippen LogP contribution in [0.25, 0.3) is 11.3 Å². The predicted molar refractivity (Wildman–Crippen MR) is 125 cm³/mol. The zero-order valence-electron chi connectivity index (χ0n) is 19.5. The van der Waals surface area contributed by atoms with E-state index in [0.717, 1.165) is 19.6 Å². The second-order valence-corrected chi connectivity index (χ2v) is 8.19. The molecule has 2 aromatic rings. The standard InChI is InChI=1S/C24H31N5O4/c1-4-18-19(23(31)29(25-18)17-9-7-6-8-10-17)20-21(27-13-11-26(5-2)12-14-27)24(32)28(22(20)30)15-16-33-3/h6-10,25H,4-5,11-16H2,1-3H3. The number of carbonyl (C=O) groups excluding carboxylic acids is 2. The number of likely N-dealkylation sites (N-methyl/N-ethyl adjacent to an activating group) is 1. The predicted octanol–water partition coefficient (Wildman–Crippen LogP) is 1.09. The van der Waals surface area contributed by atoms with E-state index in [4.69, 9.17) is 4.74 Å². The van der Waals surface area contributed by atoms with Gasteiger partial charge in [-0.05, 0) is 25.1 Å². The molecule has 9 heteroatoms. The minimum atomic E-state index is -0.434. The number of ether oxygens (including phenoxy) is 1. The highest BCUT2D eigenvalue weighted by Crippen LogP contribution is 2.32. The monoisotopic (exact) mass is 453 g/mol. The number of methoxy groups -OCH3 is 1. The summed E-state index contributed by atoms with van der Waals surface area (Å²) in [4.78, 5) is 46.1. The summed E-state index contributed by atoms with van der Waals surface area (Å²) in [7, 11) is 1.53. The third-order valence-electron chi connectivity index (χ3n) is 6.38. The van der Waals surface area contributed by atoms with Gasteiger partial charge in [-0.2, -0.15) is 0 Å². The number of rotatable bonds is 8. The van der Waals surface area contributed by atoms with Crippen LogP contribution in [0.5, 0.6) is 0 Å². The number of aryl methyl sites for hydroxylation is 1. The Labute approximate surface area is 193 Å². The maximum Gasteiger partial charge on any atom is 0.279 e. The molecule has 176 valence electrons. The van der Waals surface area contributed by atoms with E-state index in [-0.39, 0.29) is 35.8 Å². The van der Waals surface area contributed by atoms with Crippen molar-refractivity contribution in [1.29, 1.82) is 0 Å². The van der Waals surface area contributed by atoms with Crippen molar-refractivity contribution in [1.82, 2.24) is 24.5 Å². The summed E-state index contributed by atoms with van der Waals surface area (Å²) in [5, 5.41) is 3.16. The van der Waals surface area contributed by atoms with E-state index in [1.165, 1.54) is 16.7 Å². The van der Waals surface area contributed by atoms with E-state index in [0.29, 0.717) is 36.6 Å². The number of amides is 2. The Kier molecular flexibility index (Phi) is 6.80. The molecule has 2 aliphatic rings. The molecule has 1 aromatic carbocycles. The summed E-state index contributed by atoms with van der Waals surface area (Å²) < 4.78 is 6.57. The lowest BCUT2D eigenvalue weighted by atomic mass is 10.0. The first-order valence-electron chi connectivity index (χ1n) is 11.5. The molecule has 0 aliphatic carbocycles. The van der Waals surface area contributed by atoms with Crippen molar-refractivity contribution in [3.8, 4) is 5.69 Å². The van der Waals surface area contributed by atoms with Crippen molar-refractivity contribution >= 4 is 17.4 Å². The number of benzene rings is 1. The molecule has 0 unspecified atom stereocenters. The molecule has 1 N–H and O–H groups in total. The van der Waals surface area contributed by atoms with Crippen molar-refractivity contribution < 1.29 is 14.3 Å². The van der Waals surface area contributed by atoms with Gasteiger partial charge in [0.1, 0.15) is 5.70 Å². The summed E-state index contributed by atoms with van der Waals surface area (Å²) in [5.41, 5.74) is 1.81. The van der Waals surface area contributed by atoms with Gasteiger partial charge in [-0.25, -0.2) is 4.68 Å². The van der Waals surface area contributed by atoms with E-state index < -0.39 is 5.91 Å². The largest absolute Gasteiger partial charge is 0.383 e. The summed E-state index contributed by atoms with van der Waals surface area (Å²) in [6.45, 7) is 8.21. The summed E-state index contributed by atoms with van der Waals surface area (Å²) in [6, 6.07) is 9.23. The SMILES string of the molecule is CCc1[nH]n(-c2ccccc2)c(=O)c1C1=C(N2CCN(CC)CC2)C(=O)N(CCOC)C1=O. The van der Waals surface area contributed by atoms with E-state index in [2.05, 4.69) is 16.9 Å². The zero-order chi connectivity index (χ0) is 23.5. The van der Waals surface area contributed by atoms with Crippen molar-refractivity contribution in [3.05, 3.63) is 57.6 Å². The fourth-order valence-electron chi connectivity index (χ4n) is 4.51. The van der Waals surface area contributed by atoms with Crippen molar-refractivity contribution in [2.24, 2.45) is 0 Å². The summed E-state index contributed by atoms with van der Waals surface area (Å²) in [5.74, 6) is -0.790. The van der Waals surface area contributed by atoms with Crippen LogP contribution in [-0.4, -0.2) is 89.3 Å². The van der Waals surface area contributed by atoms with Crippen LogP contribution in [0.3, 0.4) is 0 Å². The first kappa shape index (κ1) is 23.0. The molecule has 0 atom stereocenters. The van der Waals surface area contributed by atoms with Crippen LogP contribution in [0, 0.1) is 0 Å². The highest BCUT2D eigenvalue weighted by molar-refractivity contribution is 6.35. The van der Waals surface area contributed by atoms with Gasteiger partial charge in [0.15, 0.2) is 0 Å². The minimum Gasteiger partial charge on any atom is -0.383 e. The number of para-hydroxylation sites is 1. The van der Waals surface area contributed by atoms with Gasteiger partial charge in [0.25, 0.3) is 17.4 Å². The van der Waals surface area contributed by atoms with Crippen LogP contribution < -0.4 is 5.56 Å². The molecule has 0 saturated carbocycles. The number of hydrogen-bond acceptors (Lipinski definition) is 6. The Hall–Kier alpha value is -3.17. The second-order valence-electron chi connectivity index (χ2n) is 8.19. The number of hydrogen-bond donors (Lipinski definition) is 1. The molecule has 4 rings (SSSR count). The van der Waals surface area contributed by atoms with Crippen molar-refractivity contribution in [3.63, 3.8) is 0 Å². The lowest BCUT2D eigenvalue weighted by molar-refractivity contribution is -0.138. The minimum absolute atomic E-state index is 0.148. The number of aromatic nitrogens is 2. The lowest BCUT2D eigenvalue weighted by Gasteiger charge is -2.35. The Bertz CT molecular complexity index is 1110. The van der Waals surface area contributed by atoms with Gasteiger partial charge in [0, 0.05) is 39.0 Å². The lowest BCUT2D eigenvalue weighted by Crippen LogP contribution is -2.47. The van der Waals surface area contributed by atoms with E-state index in [9.17, 15) is 14.4 Å². The van der Waals surface area contributed by atoms with E-state index in [1.807, 2.05) is 42.2 Å². The Morgan fingerprint density at radius 2 is 1.67 bits per heavy atom. The molecule has 0 spiro atoms. The van der Waals surface area contributed by atoms with Crippen LogP contribution >= 0.6 is 0 Å². The van der Waals surface area contributed by atoms with Crippen LogP contribution in [0.1, 0.15) is 25.1 Å². The smallest absolute Gasteiger partial charge is 0.279 e. The molecule has 1 fully saturated rings. The van der Waals surface area contributed by atoms with E-state index >= 15 is 0 Å². The maximum atomic E-state index is 13.6. The van der Waals surface area contributed by atoms with Gasteiger partial charge in [0.05, 0.1) is 30.0 Å². The van der Waals surface area contributed by atoms with Crippen molar-refractivity contribution in [2.75, 3.05) is 53.0 Å². The Balaban J connectivity index is 1.85. The molecule has 2 aliphatic heterocycles. The number of imide groups is 1. The summed E-state index contributed by atoms with van der Waals surface area (Å²) >= 11 is 0. The number of H-pyrrole nitrogens is 1. The van der Waals surface area contributed by atoms with Gasteiger partial charge in [-0.1, -0.05) is 32.0 Å². The topological polar surface area (TPSA) is 90.9 Å². The van der Waals surface area contributed by atoms with Gasteiger partial charge in [-0.15, -0.1) is 0 Å². The Morgan fingerprint density at radius 3 is 2.27 bits per heavy atom. The second kappa shape index (κ2) is 9.76. The van der Waals surface area contributed by atoms with Gasteiger partial charge < -0.3 is 14.5 Å². The fraction of sp³-hybridized carbons (Fsp3) is 0.458. The number of carbonyl (C=O) groups is 2. The highest BCUT2D eigenvalue weighted by Gasteiger charge is 2.44. The van der Waals surface area contributed by atoms with Gasteiger partial charge in [-0.3, -0.25) is 24.4 Å². The first-order chi connectivity index (χ1) is 16.0. The summed E-state index contributed by atoms with van der Waals surface area (Å²) in [6.07, 6.45) is 0.518. The number of nitrogens with zero attached hydrogens (tertiary/aromatic N) is 4. The van der Waals surface area contributed by atoms with Crippen LogP contribution in [-0.2, 0) is 20.7 Å². The molecule has 33 heavy (non-hydrogen) atoms. The number of piperazine rings is 1. The van der Waals surface area contributed by atoms with Crippen LogP contribution in [0.2, 0.25) is 0 Å². The molecular formula is C24H31N5O4. The van der Waals surface area contributed by atoms with Gasteiger partial charge >= 0.3 is 0 Å². The average Bonchev–Trinajstić information content (AvgIpc) is 3.30. The molecular weight excluding hydrogens is 422 g/mol. The molecule has 9 nitrogen and oxygen atoms in total. The van der Waals surface area contributed by atoms with Gasteiger partial charge in [0.2, 0.25) is 0 Å².